The first kappa shape index (κ1) is 21.0. The van der Waals surface area contributed by atoms with Crippen LogP contribution in [0.4, 0.5) is 4.39 Å². The number of phenols is 1. The highest BCUT2D eigenvalue weighted by Crippen LogP contribution is 2.35. The van der Waals surface area contributed by atoms with Gasteiger partial charge >= 0.3 is 5.97 Å². The average molecular weight is 435 g/mol. The average Bonchev–Trinajstić information content (AvgIpc) is 2.66. The zero-order chi connectivity index (χ0) is 21.1. The molecule has 0 heterocycles. The second-order valence-electron chi connectivity index (χ2n) is 6.54. The number of aliphatic carboxylic acids is 1. The number of ether oxygens (including phenoxy) is 1. The van der Waals surface area contributed by atoms with E-state index in [0.717, 1.165) is 5.56 Å². The van der Waals surface area contributed by atoms with Crippen LogP contribution in [0.25, 0.3) is 11.1 Å². The van der Waals surface area contributed by atoms with Gasteiger partial charge in [-0.15, -0.1) is 0 Å². The molecule has 2 N–H and O–H groups in total. The van der Waals surface area contributed by atoms with Gasteiger partial charge in [0, 0.05) is 22.0 Å². The van der Waals surface area contributed by atoms with Crippen molar-refractivity contribution in [1.29, 1.82) is 0 Å². The molecule has 0 saturated carbocycles. The lowest BCUT2D eigenvalue weighted by atomic mass is 9.97. The monoisotopic (exact) mass is 434 g/mol. The molecule has 0 saturated heterocycles. The molecule has 0 spiro atoms. The van der Waals surface area contributed by atoms with Crippen molar-refractivity contribution < 1.29 is 24.1 Å². The van der Waals surface area contributed by atoms with Crippen LogP contribution in [-0.4, -0.2) is 22.8 Å². The zero-order valence-corrected chi connectivity index (χ0v) is 16.9. The van der Waals surface area contributed by atoms with Crippen molar-refractivity contribution in [2.24, 2.45) is 0 Å². The third-order valence-electron chi connectivity index (χ3n) is 4.39. The lowest BCUT2D eigenvalue weighted by molar-refractivity contribution is -0.139. The lowest BCUT2D eigenvalue weighted by Crippen LogP contribution is -2.09. The molecule has 0 aromatic heterocycles. The van der Waals surface area contributed by atoms with Crippen LogP contribution < -0.4 is 4.74 Å². The van der Waals surface area contributed by atoms with Crippen LogP contribution >= 0.6 is 23.2 Å². The number of hydrogen-bond donors (Lipinski definition) is 2. The number of rotatable bonds is 6. The Morgan fingerprint density at radius 1 is 1.07 bits per heavy atom. The molecule has 0 radical (unpaired) electrons. The molecule has 7 heteroatoms. The predicted molar refractivity (Wildman–Crippen MR) is 111 cm³/mol. The Morgan fingerprint density at radius 3 is 2.38 bits per heavy atom. The first-order chi connectivity index (χ1) is 13.7. The Bertz CT molecular complexity index is 1060. The van der Waals surface area contributed by atoms with Gasteiger partial charge in [0.1, 0.15) is 17.3 Å². The highest BCUT2D eigenvalue weighted by molar-refractivity contribution is 6.36. The molecule has 0 aliphatic carbocycles. The molecule has 0 aliphatic rings. The number of phenolic OH excluding ortho intramolecular Hbond substituents is 1. The molecule has 4 nitrogen and oxygen atoms in total. The number of carbonyl (C=O) groups is 1. The summed E-state index contributed by atoms with van der Waals surface area (Å²) in [6.45, 7) is 1.16. The Kier molecular flexibility index (Phi) is 6.30. The van der Waals surface area contributed by atoms with E-state index in [0.29, 0.717) is 38.7 Å². The molecule has 150 valence electrons. The molecular formula is C22H17Cl2FO4. The summed E-state index contributed by atoms with van der Waals surface area (Å²) in [4.78, 5) is 10.6. The third kappa shape index (κ3) is 5.00. The van der Waals surface area contributed by atoms with Crippen LogP contribution in [0.1, 0.15) is 16.7 Å². The van der Waals surface area contributed by atoms with Gasteiger partial charge in [0.05, 0.1) is 0 Å². The van der Waals surface area contributed by atoms with E-state index in [4.69, 9.17) is 33.0 Å². The first-order valence-electron chi connectivity index (χ1n) is 8.65. The van der Waals surface area contributed by atoms with Crippen molar-refractivity contribution in [3.8, 4) is 22.6 Å². The Hall–Kier alpha value is -2.76. The summed E-state index contributed by atoms with van der Waals surface area (Å²) in [7, 11) is 0. The van der Waals surface area contributed by atoms with Gasteiger partial charge in [-0.1, -0.05) is 35.3 Å². The van der Waals surface area contributed by atoms with Gasteiger partial charge in [-0.2, -0.15) is 0 Å². The van der Waals surface area contributed by atoms with Crippen LogP contribution in [0.2, 0.25) is 10.0 Å². The van der Waals surface area contributed by atoms with Gasteiger partial charge in [-0.05, 0) is 65.6 Å². The Balaban J connectivity index is 1.91. The molecule has 3 aromatic rings. The number of carboxylic acid groups (broad SMARTS) is 1. The standard InChI is InChI=1S/C22H17Cl2FO4/c1-12-6-14(3-4-20(12)25)16-7-13(2-5-21(16)26)8-17-18(23)9-15(10-19(17)24)29-11-22(27)28/h2-7,9-10,26H,8,11H2,1H3,(H,27,28). The molecule has 0 fully saturated rings. The van der Waals surface area contributed by atoms with Gasteiger partial charge in [-0.3, -0.25) is 0 Å². The topological polar surface area (TPSA) is 66.8 Å². The van der Waals surface area contributed by atoms with Gasteiger partial charge in [0.15, 0.2) is 6.61 Å². The molecule has 29 heavy (non-hydrogen) atoms. The van der Waals surface area contributed by atoms with E-state index in [1.807, 2.05) is 0 Å². The van der Waals surface area contributed by atoms with Gasteiger partial charge in [0.25, 0.3) is 0 Å². The van der Waals surface area contributed by atoms with Gasteiger partial charge < -0.3 is 14.9 Å². The molecule has 0 atom stereocenters. The van der Waals surface area contributed by atoms with Crippen LogP contribution in [0, 0.1) is 12.7 Å². The Morgan fingerprint density at radius 2 is 1.76 bits per heavy atom. The van der Waals surface area contributed by atoms with E-state index < -0.39 is 12.6 Å². The number of hydrogen-bond acceptors (Lipinski definition) is 3. The highest BCUT2D eigenvalue weighted by Gasteiger charge is 2.13. The van der Waals surface area contributed by atoms with Crippen LogP contribution in [0.15, 0.2) is 48.5 Å². The largest absolute Gasteiger partial charge is 0.507 e. The summed E-state index contributed by atoms with van der Waals surface area (Å²) >= 11 is 12.6. The Labute approximate surface area is 177 Å². The van der Waals surface area contributed by atoms with Gasteiger partial charge in [0.2, 0.25) is 0 Å². The lowest BCUT2D eigenvalue weighted by Gasteiger charge is -2.13. The van der Waals surface area contributed by atoms with E-state index in [2.05, 4.69) is 0 Å². The molecule has 0 unspecified atom stereocenters. The summed E-state index contributed by atoms with van der Waals surface area (Å²) in [6.07, 6.45) is 0.379. The maximum atomic E-state index is 13.6. The number of benzene rings is 3. The van der Waals surface area contributed by atoms with E-state index in [1.54, 1.807) is 37.3 Å². The van der Waals surface area contributed by atoms with E-state index in [1.165, 1.54) is 18.2 Å². The summed E-state index contributed by atoms with van der Waals surface area (Å²) in [5.74, 6) is -1.07. The highest BCUT2D eigenvalue weighted by atomic mass is 35.5. The summed E-state index contributed by atoms with van der Waals surface area (Å²) in [6, 6.07) is 12.8. The summed E-state index contributed by atoms with van der Waals surface area (Å²) < 4.78 is 18.7. The SMILES string of the molecule is Cc1cc(-c2cc(Cc3c(Cl)cc(OCC(=O)O)cc3Cl)ccc2O)ccc1F. The molecule has 0 aliphatic heterocycles. The minimum Gasteiger partial charge on any atom is -0.507 e. The molecular weight excluding hydrogens is 418 g/mol. The molecule has 3 rings (SSSR count). The quantitative estimate of drug-likeness (QED) is 0.509. The number of halogens is 3. The summed E-state index contributed by atoms with van der Waals surface area (Å²) in [5, 5.41) is 19.6. The zero-order valence-electron chi connectivity index (χ0n) is 15.4. The van der Waals surface area contributed by atoms with Gasteiger partial charge in [-0.25, -0.2) is 9.18 Å². The predicted octanol–water partition coefficient (Wildman–Crippen LogP) is 5.87. The number of carboxylic acids is 1. The number of aryl methyl sites for hydroxylation is 1. The van der Waals surface area contributed by atoms with Crippen molar-refractivity contribution in [3.63, 3.8) is 0 Å². The fraction of sp³-hybridized carbons (Fsp3) is 0.136. The van der Waals surface area contributed by atoms with Crippen molar-refractivity contribution in [3.05, 3.63) is 81.1 Å². The fourth-order valence-electron chi connectivity index (χ4n) is 2.92. The second-order valence-corrected chi connectivity index (χ2v) is 7.35. The van der Waals surface area contributed by atoms with Crippen LogP contribution in [-0.2, 0) is 11.2 Å². The normalized spacial score (nSPS) is 10.8. The number of aromatic hydroxyl groups is 1. The molecule has 3 aromatic carbocycles. The van der Waals surface area contributed by atoms with Crippen LogP contribution in [0.3, 0.4) is 0 Å². The minimum absolute atomic E-state index is 0.0781. The summed E-state index contributed by atoms with van der Waals surface area (Å²) in [5.41, 5.74) is 3.22. The van der Waals surface area contributed by atoms with Crippen molar-refractivity contribution >= 4 is 29.2 Å². The third-order valence-corrected chi connectivity index (χ3v) is 5.06. The minimum atomic E-state index is -1.10. The smallest absolute Gasteiger partial charge is 0.341 e. The second kappa shape index (κ2) is 8.72. The van der Waals surface area contributed by atoms with E-state index in [-0.39, 0.29) is 17.3 Å². The van der Waals surface area contributed by atoms with Crippen molar-refractivity contribution in [2.75, 3.05) is 6.61 Å². The molecule has 0 amide bonds. The van der Waals surface area contributed by atoms with E-state index >= 15 is 0 Å². The van der Waals surface area contributed by atoms with Crippen molar-refractivity contribution in [2.45, 2.75) is 13.3 Å². The first-order valence-corrected chi connectivity index (χ1v) is 9.41. The fourth-order valence-corrected chi connectivity index (χ4v) is 3.52. The maximum Gasteiger partial charge on any atom is 0.341 e. The van der Waals surface area contributed by atoms with Crippen LogP contribution in [0.5, 0.6) is 11.5 Å². The van der Waals surface area contributed by atoms with Crippen molar-refractivity contribution in [1.82, 2.24) is 0 Å². The van der Waals surface area contributed by atoms with E-state index in [9.17, 15) is 14.3 Å². The molecule has 0 bridgehead atoms. The maximum absolute atomic E-state index is 13.6.